The third-order valence-corrected chi connectivity index (χ3v) is 3.19. The molecule has 22 heavy (non-hydrogen) atoms. The molecular weight excluding hydrogens is 283 g/mol. The Kier molecular flexibility index (Phi) is 5.25. The van der Waals surface area contributed by atoms with Crippen molar-refractivity contribution in [2.24, 2.45) is 0 Å². The van der Waals surface area contributed by atoms with Gasteiger partial charge in [0.05, 0.1) is 6.54 Å². The summed E-state index contributed by atoms with van der Waals surface area (Å²) >= 11 is 0. The van der Waals surface area contributed by atoms with E-state index in [2.05, 4.69) is 5.32 Å². The van der Waals surface area contributed by atoms with Gasteiger partial charge in [0, 0.05) is 19.2 Å². The fraction of sp³-hybridized carbons (Fsp3) is 0.176. The zero-order chi connectivity index (χ0) is 15.9. The number of carbonyl (C=O) groups excluding carboxylic acids is 2. The molecule has 2 aromatic rings. The van der Waals surface area contributed by atoms with E-state index in [1.807, 2.05) is 6.07 Å². The monoisotopic (exact) mass is 300 g/mol. The molecule has 0 saturated carbocycles. The summed E-state index contributed by atoms with van der Waals surface area (Å²) in [5.41, 5.74) is 1.34. The summed E-state index contributed by atoms with van der Waals surface area (Å²) in [7, 11) is 1.64. The molecule has 5 heteroatoms. The molecule has 0 fully saturated rings. The highest BCUT2D eigenvalue weighted by atomic mass is 19.1. The van der Waals surface area contributed by atoms with Crippen molar-refractivity contribution in [2.45, 2.75) is 6.54 Å². The van der Waals surface area contributed by atoms with E-state index in [1.165, 1.54) is 17.0 Å². The second-order valence-electron chi connectivity index (χ2n) is 4.92. The van der Waals surface area contributed by atoms with Gasteiger partial charge in [0.25, 0.3) is 5.91 Å². The van der Waals surface area contributed by atoms with E-state index in [-0.39, 0.29) is 24.2 Å². The second kappa shape index (κ2) is 7.36. The van der Waals surface area contributed by atoms with Crippen LogP contribution < -0.4 is 5.32 Å². The molecule has 0 bridgehead atoms. The molecule has 0 heterocycles. The molecule has 0 aromatic heterocycles. The zero-order valence-corrected chi connectivity index (χ0v) is 12.3. The molecular formula is C17H17FN2O2. The molecule has 2 rings (SSSR count). The van der Waals surface area contributed by atoms with Gasteiger partial charge in [-0.05, 0) is 29.8 Å². The summed E-state index contributed by atoms with van der Waals surface area (Å²) in [4.78, 5) is 25.3. The van der Waals surface area contributed by atoms with Crippen LogP contribution in [0.5, 0.6) is 0 Å². The molecule has 0 saturated heterocycles. The smallest absolute Gasteiger partial charge is 0.251 e. The van der Waals surface area contributed by atoms with Crippen LogP contribution in [0.2, 0.25) is 0 Å². The largest absolute Gasteiger partial charge is 0.343 e. The molecule has 2 aromatic carbocycles. The number of hydrogen-bond acceptors (Lipinski definition) is 2. The molecule has 0 unspecified atom stereocenters. The summed E-state index contributed by atoms with van der Waals surface area (Å²) in [6.07, 6.45) is 0. The van der Waals surface area contributed by atoms with E-state index in [9.17, 15) is 14.0 Å². The minimum atomic E-state index is -0.312. The Balaban J connectivity index is 1.84. The van der Waals surface area contributed by atoms with Gasteiger partial charge in [-0.2, -0.15) is 0 Å². The number of rotatable bonds is 5. The van der Waals surface area contributed by atoms with Crippen molar-refractivity contribution >= 4 is 11.8 Å². The number of amides is 2. The van der Waals surface area contributed by atoms with Crippen LogP contribution in [-0.4, -0.2) is 30.3 Å². The molecule has 2 amide bonds. The van der Waals surface area contributed by atoms with Crippen molar-refractivity contribution < 1.29 is 14.0 Å². The highest BCUT2D eigenvalue weighted by Crippen LogP contribution is 2.05. The van der Waals surface area contributed by atoms with E-state index >= 15 is 0 Å². The normalized spacial score (nSPS) is 10.1. The number of likely N-dealkylation sites (N-methyl/N-ethyl adjacent to an activating group) is 1. The molecule has 0 aliphatic heterocycles. The zero-order valence-electron chi connectivity index (χ0n) is 12.3. The number of hydrogen-bond donors (Lipinski definition) is 1. The van der Waals surface area contributed by atoms with Gasteiger partial charge in [-0.15, -0.1) is 0 Å². The van der Waals surface area contributed by atoms with E-state index in [4.69, 9.17) is 0 Å². The first-order chi connectivity index (χ1) is 10.6. The molecule has 1 N–H and O–H groups in total. The Hall–Kier alpha value is -2.69. The average molecular weight is 300 g/mol. The number of carbonyl (C=O) groups is 2. The lowest BCUT2D eigenvalue weighted by Gasteiger charge is -2.17. The molecule has 114 valence electrons. The quantitative estimate of drug-likeness (QED) is 0.920. The topological polar surface area (TPSA) is 49.4 Å². The lowest BCUT2D eigenvalue weighted by Crippen LogP contribution is -2.37. The van der Waals surface area contributed by atoms with Crippen molar-refractivity contribution in [3.05, 3.63) is 71.5 Å². The van der Waals surface area contributed by atoms with Crippen molar-refractivity contribution in [1.29, 1.82) is 0 Å². The summed E-state index contributed by atoms with van der Waals surface area (Å²) in [5, 5.41) is 2.58. The molecule has 0 radical (unpaired) electrons. The number of nitrogens with one attached hydrogen (secondary N) is 1. The fourth-order valence-electron chi connectivity index (χ4n) is 1.93. The predicted octanol–water partition coefficient (Wildman–Crippen LogP) is 2.21. The number of nitrogens with zero attached hydrogens (tertiary/aromatic N) is 1. The van der Waals surface area contributed by atoms with Gasteiger partial charge in [-0.1, -0.05) is 30.3 Å². The Morgan fingerprint density at radius 2 is 1.68 bits per heavy atom. The van der Waals surface area contributed by atoms with Gasteiger partial charge in [0.1, 0.15) is 5.82 Å². The van der Waals surface area contributed by atoms with Crippen LogP contribution in [0.3, 0.4) is 0 Å². The number of benzene rings is 2. The molecule has 0 spiro atoms. The van der Waals surface area contributed by atoms with Crippen LogP contribution in [0.4, 0.5) is 4.39 Å². The van der Waals surface area contributed by atoms with Gasteiger partial charge >= 0.3 is 0 Å². The maximum atomic E-state index is 12.8. The van der Waals surface area contributed by atoms with Crippen LogP contribution >= 0.6 is 0 Å². The van der Waals surface area contributed by atoms with Crippen molar-refractivity contribution in [3.63, 3.8) is 0 Å². The minimum absolute atomic E-state index is 0.0780. The molecule has 0 aliphatic carbocycles. The first-order valence-corrected chi connectivity index (χ1v) is 6.88. The van der Waals surface area contributed by atoms with Crippen molar-refractivity contribution in [1.82, 2.24) is 10.2 Å². The average Bonchev–Trinajstić information content (AvgIpc) is 2.55. The third-order valence-electron chi connectivity index (χ3n) is 3.19. The lowest BCUT2D eigenvalue weighted by molar-refractivity contribution is -0.129. The Morgan fingerprint density at radius 1 is 1.05 bits per heavy atom. The molecule has 0 aliphatic rings. The standard InChI is InChI=1S/C17H17FN2O2/c1-20(12-13-7-9-15(18)10-8-13)16(21)11-19-17(22)14-5-3-2-4-6-14/h2-10H,11-12H2,1H3,(H,19,22). The first kappa shape index (κ1) is 15.7. The predicted molar refractivity (Wildman–Crippen MR) is 81.6 cm³/mol. The highest BCUT2D eigenvalue weighted by Gasteiger charge is 2.11. The van der Waals surface area contributed by atoms with Crippen LogP contribution in [0.25, 0.3) is 0 Å². The minimum Gasteiger partial charge on any atom is -0.343 e. The number of halogens is 1. The van der Waals surface area contributed by atoms with Crippen LogP contribution in [0.1, 0.15) is 15.9 Å². The van der Waals surface area contributed by atoms with Gasteiger partial charge in [-0.3, -0.25) is 9.59 Å². The van der Waals surface area contributed by atoms with Crippen LogP contribution in [0.15, 0.2) is 54.6 Å². The van der Waals surface area contributed by atoms with Crippen molar-refractivity contribution in [3.8, 4) is 0 Å². The summed E-state index contributed by atoms with van der Waals surface area (Å²) in [5.74, 6) is -0.814. The summed E-state index contributed by atoms with van der Waals surface area (Å²) < 4.78 is 12.8. The SMILES string of the molecule is CN(Cc1ccc(F)cc1)C(=O)CNC(=O)c1ccccc1. The van der Waals surface area contributed by atoms with E-state index < -0.39 is 0 Å². The van der Waals surface area contributed by atoms with Gasteiger partial charge in [0.15, 0.2) is 0 Å². The first-order valence-electron chi connectivity index (χ1n) is 6.88. The molecule has 4 nitrogen and oxygen atoms in total. The van der Waals surface area contributed by atoms with Gasteiger partial charge in [-0.25, -0.2) is 4.39 Å². The fourth-order valence-corrected chi connectivity index (χ4v) is 1.93. The van der Waals surface area contributed by atoms with Crippen LogP contribution in [-0.2, 0) is 11.3 Å². The Labute approximate surface area is 128 Å². The highest BCUT2D eigenvalue weighted by molar-refractivity contribution is 5.96. The van der Waals surface area contributed by atoms with E-state index in [0.29, 0.717) is 12.1 Å². The lowest BCUT2D eigenvalue weighted by atomic mass is 10.2. The maximum absolute atomic E-state index is 12.8. The summed E-state index contributed by atoms with van der Waals surface area (Å²) in [6, 6.07) is 14.7. The van der Waals surface area contributed by atoms with Crippen LogP contribution in [0, 0.1) is 5.82 Å². The summed E-state index contributed by atoms with van der Waals surface area (Å²) in [6.45, 7) is 0.283. The van der Waals surface area contributed by atoms with Gasteiger partial charge < -0.3 is 10.2 Å². The van der Waals surface area contributed by atoms with E-state index in [1.54, 1.807) is 43.4 Å². The van der Waals surface area contributed by atoms with Crippen molar-refractivity contribution in [2.75, 3.05) is 13.6 Å². The maximum Gasteiger partial charge on any atom is 0.251 e. The Morgan fingerprint density at radius 3 is 2.32 bits per heavy atom. The Bertz CT molecular complexity index is 641. The third kappa shape index (κ3) is 4.41. The molecule has 0 atom stereocenters. The van der Waals surface area contributed by atoms with E-state index in [0.717, 1.165) is 5.56 Å². The second-order valence-corrected chi connectivity index (χ2v) is 4.92. The van der Waals surface area contributed by atoms with Gasteiger partial charge in [0.2, 0.25) is 5.91 Å².